The molecule has 2 fully saturated rings. The molecular formula is C31H36F3N5O6. The molecule has 1 aromatic carbocycles. The van der Waals surface area contributed by atoms with Crippen LogP contribution in [0.4, 0.5) is 18.0 Å². The Morgan fingerprint density at radius 3 is 2.56 bits per heavy atom. The summed E-state index contributed by atoms with van der Waals surface area (Å²) in [4.78, 5) is 36.8. The van der Waals surface area contributed by atoms with Crippen LogP contribution in [0.2, 0.25) is 0 Å². The zero-order valence-electron chi connectivity index (χ0n) is 24.7. The maximum absolute atomic E-state index is 14.3. The fraction of sp³-hybridized carbons (Fsp3) is 0.484. The molecule has 2 aromatic heterocycles. The van der Waals surface area contributed by atoms with Crippen LogP contribution in [-0.2, 0) is 10.9 Å². The van der Waals surface area contributed by atoms with Crippen LogP contribution in [0.3, 0.4) is 0 Å². The minimum absolute atomic E-state index is 0.00687. The van der Waals surface area contributed by atoms with E-state index >= 15 is 0 Å². The van der Waals surface area contributed by atoms with E-state index in [1.54, 1.807) is 0 Å². The molecular weight excluding hydrogens is 595 g/mol. The molecule has 3 aromatic rings. The highest BCUT2D eigenvalue weighted by molar-refractivity contribution is 5.98. The number of hydrogen-bond donors (Lipinski definition) is 3. The quantitative estimate of drug-likeness (QED) is 0.333. The Hall–Kier alpha value is -4.01. The number of benzene rings is 1. The summed E-state index contributed by atoms with van der Waals surface area (Å²) in [6.07, 6.45) is -3.40. The maximum atomic E-state index is 14.3. The molecule has 0 spiro atoms. The lowest BCUT2D eigenvalue weighted by molar-refractivity contribution is -0.141. The molecule has 5 rings (SSSR count). The maximum Gasteiger partial charge on any atom is 0.433 e. The van der Waals surface area contributed by atoms with Crippen molar-refractivity contribution >= 4 is 12.0 Å². The van der Waals surface area contributed by atoms with Crippen LogP contribution in [0, 0.1) is 0 Å². The van der Waals surface area contributed by atoms with E-state index in [9.17, 15) is 38.1 Å². The van der Waals surface area contributed by atoms with Gasteiger partial charge in [0.15, 0.2) is 5.69 Å². The predicted octanol–water partition coefficient (Wildman–Crippen LogP) is 4.38. The van der Waals surface area contributed by atoms with Gasteiger partial charge in [0.05, 0.1) is 42.5 Å². The second-order valence-corrected chi connectivity index (χ2v) is 11.6. The highest BCUT2D eigenvalue weighted by Crippen LogP contribution is 2.41. The van der Waals surface area contributed by atoms with Crippen LogP contribution in [0.1, 0.15) is 66.1 Å². The first-order chi connectivity index (χ1) is 21.4. The topological polar surface area (TPSA) is 141 Å². The third-order valence-electron chi connectivity index (χ3n) is 8.64. The van der Waals surface area contributed by atoms with E-state index in [0.717, 1.165) is 29.9 Å². The number of nitrogens with zero attached hydrogens (tertiary/aromatic N) is 5. The average molecular weight is 632 g/mol. The number of ether oxygens (including phenoxy) is 1. The predicted molar refractivity (Wildman–Crippen MR) is 155 cm³/mol. The molecule has 2 aliphatic rings. The molecule has 3 heterocycles. The molecule has 45 heavy (non-hydrogen) atoms. The number of imidazole rings is 1. The Morgan fingerprint density at radius 2 is 1.87 bits per heavy atom. The molecule has 4 atom stereocenters. The summed E-state index contributed by atoms with van der Waals surface area (Å²) in [6, 6.07) is 11.0. The summed E-state index contributed by atoms with van der Waals surface area (Å²) < 4.78 is 47.1. The van der Waals surface area contributed by atoms with E-state index in [2.05, 4.69) is 9.97 Å². The number of piperazine rings is 1. The van der Waals surface area contributed by atoms with Gasteiger partial charge in [0.25, 0.3) is 5.91 Å². The Balaban J connectivity index is 1.51. The summed E-state index contributed by atoms with van der Waals surface area (Å²) >= 11 is 0. The standard InChI is InChI=1S/C31H36F3N5O6/c1-45-18-30(44)13-6-5-12-25(30)39-19-35-26(27(39)20-8-3-2-4-9-20)28(41)38-15-14-37(29(42)43)17-21(38)16-23(40)22-10-7-11-24(36-22)31(32,33)34/h2-4,7-11,19,21,23,25,40,44H,5-6,12-18H2,1H3,(H,42,43)/t21-,23-,25-,30-/m1/s1. The number of aliphatic hydroxyl groups is 2. The van der Waals surface area contributed by atoms with E-state index in [1.165, 1.54) is 24.4 Å². The lowest BCUT2D eigenvalue weighted by Gasteiger charge is -2.41. The number of rotatable bonds is 8. The molecule has 1 saturated carbocycles. The zero-order chi connectivity index (χ0) is 32.4. The monoisotopic (exact) mass is 631 g/mol. The van der Waals surface area contributed by atoms with Crippen LogP contribution in [0.15, 0.2) is 54.9 Å². The van der Waals surface area contributed by atoms with E-state index in [4.69, 9.17) is 4.74 Å². The number of hydrogen-bond acceptors (Lipinski definition) is 7. The zero-order valence-corrected chi connectivity index (χ0v) is 24.7. The summed E-state index contributed by atoms with van der Waals surface area (Å²) in [6.45, 7) is -0.119. The van der Waals surface area contributed by atoms with Crippen molar-refractivity contribution in [3.8, 4) is 11.3 Å². The number of aliphatic hydroxyl groups excluding tert-OH is 1. The number of carbonyl (C=O) groups excluding carboxylic acids is 1. The Bertz CT molecular complexity index is 1500. The number of methoxy groups -OCH3 is 1. The van der Waals surface area contributed by atoms with Gasteiger partial charge in [-0.3, -0.25) is 4.79 Å². The smallest absolute Gasteiger partial charge is 0.433 e. The highest BCUT2D eigenvalue weighted by Gasteiger charge is 2.43. The van der Waals surface area contributed by atoms with Crippen molar-refractivity contribution in [3.05, 3.63) is 71.9 Å². The molecule has 1 aliphatic heterocycles. The molecule has 0 bridgehead atoms. The lowest BCUT2D eigenvalue weighted by atomic mass is 9.80. The van der Waals surface area contributed by atoms with E-state index in [0.29, 0.717) is 24.1 Å². The van der Waals surface area contributed by atoms with Gasteiger partial charge in [0, 0.05) is 38.7 Å². The minimum atomic E-state index is -4.72. The third-order valence-corrected chi connectivity index (χ3v) is 8.64. The largest absolute Gasteiger partial charge is 0.465 e. The summed E-state index contributed by atoms with van der Waals surface area (Å²) in [5, 5.41) is 32.3. The highest BCUT2D eigenvalue weighted by atomic mass is 19.4. The normalized spacial score (nSPS) is 23.2. The molecule has 3 N–H and O–H groups in total. The van der Waals surface area contributed by atoms with E-state index in [1.807, 2.05) is 34.9 Å². The molecule has 2 amide bonds. The van der Waals surface area contributed by atoms with Gasteiger partial charge in [0.1, 0.15) is 11.3 Å². The van der Waals surface area contributed by atoms with Crippen LogP contribution in [0.5, 0.6) is 0 Å². The van der Waals surface area contributed by atoms with Crippen LogP contribution in [-0.4, -0.2) is 96.6 Å². The van der Waals surface area contributed by atoms with Crippen LogP contribution in [0.25, 0.3) is 11.3 Å². The number of halogens is 3. The summed E-state index contributed by atoms with van der Waals surface area (Å²) in [5.74, 6) is -0.530. The van der Waals surface area contributed by atoms with Crippen molar-refractivity contribution in [1.29, 1.82) is 0 Å². The van der Waals surface area contributed by atoms with Crippen LogP contribution >= 0.6 is 0 Å². The third kappa shape index (κ3) is 6.82. The molecule has 1 aliphatic carbocycles. The van der Waals surface area contributed by atoms with Gasteiger partial charge < -0.3 is 34.4 Å². The van der Waals surface area contributed by atoms with Gasteiger partial charge in [-0.1, -0.05) is 49.2 Å². The second-order valence-electron chi connectivity index (χ2n) is 11.6. The van der Waals surface area contributed by atoms with Crippen molar-refractivity contribution in [2.45, 2.75) is 62.1 Å². The number of carbonyl (C=O) groups is 2. The SMILES string of the molecule is COC[C@]1(O)CCCC[C@H]1n1cnc(C(=O)N2CCN(C(=O)O)C[C@H]2C[C@@H](O)c2cccc(C(F)(F)F)n2)c1-c1ccccc1. The number of carboxylic acid groups (broad SMARTS) is 1. The first-order valence-corrected chi connectivity index (χ1v) is 14.8. The Morgan fingerprint density at radius 1 is 1.11 bits per heavy atom. The van der Waals surface area contributed by atoms with Gasteiger partial charge in [-0.25, -0.2) is 14.8 Å². The number of amides is 2. The van der Waals surface area contributed by atoms with Gasteiger partial charge in [0.2, 0.25) is 0 Å². The van der Waals surface area contributed by atoms with Gasteiger partial charge in [-0.05, 0) is 25.0 Å². The molecule has 242 valence electrons. The average Bonchev–Trinajstić information content (AvgIpc) is 3.46. The van der Waals surface area contributed by atoms with Gasteiger partial charge in [-0.15, -0.1) is 0 Å². The molecule has 1 saturated heterocycles. The molecule has 0 unspecified atom stereocenters. The Kier molecular flexibility index (Phi) is 9.46. The van der Waals surface area contributed by atoms with Gasteiger partial charge in [-0.2, -0.15) is 13.2 Å². The van der Waals surface area contributed by atoms with E-state index < -0.39 is 47.7 Å². The molecule has 0 radical (unpaired) electrons. The van der Waals surface area contributed by atoms with Crippen molar-refractivity contribution in [3.63, 3.8) is 0 Å². The first kappa shape index (κ1) is 32.4. The fourth-order valence-electron chi connectivity index (χ4n) is 6.46. The second kappa shape index (κ2) is 13.2. The summed E-state index contributed by atoms with van der Waals surface area (Å²) in [7, 11) is 1.52. The lowest BCUT2D eigenvalue weighted by Crippen LogP contribution is -2.56. The fourth-order valence-corrected chi connectivity index (χ4v) is 6.46. The number of aromatic nitrogens is 3. The first-order valence-electron chi connectivity index (χ1n) is 14.8. The number of pyridine rings is 1. The number of alkyl halides is 3. The van der Waals surface area contributed by atoms with Crippen molar-refractivity contribution in [2.75, 3.05) is 33.4 Å². The van der Waals surface area contributed by atoms with Crippen LogP contribution < -0.4 is 0 Å². The van der Waals surface area contributed by atoms with Gasteiger partial charge >= 0.3 is 12.3 Å². The summed E-state index contributed by atoms with van der Waals surface area (Å²) in [5.41, 5.74) is -1.38. The molecule has 11 nitrogen and oxygen atoms in total. The minimum Gasteiger partial charge on any atom is -0.465 e. The van der Waals surface area contributed by atoms with Crippen molar-refractivity contribution < 1.29 is 42.8 Å². The molecule has 14 heteroatoms. The van der Waals surface area contributed by atoms with Crippen molar-refractivity contribution in [2.24, 2.45) is 0 Å². The van der Waals surface area contributed by atoms with Crippen molar-refractivity contribution in [1.82, 2.24) is 24.3 Å². The van der Waals surface area contributed by atoms with E-state index in [-0.39, 0.29) is 44.0 Å². The Labute approximate surface area is 257 Å².